The fourth-order valence-corrected chi connectivity index (χ4v) is 5.45. The van der Waals surface area contributed by atoms with Gasteiger partial charge in [0.1, 0.15) is 9.66 Å². The van der Waals surface area contributed by atoms with E-state index in [4.69, 9.17) is 9.84 Å². The van der Waals surface area contributed by atoms with Crippen LogP contribution in [-0.2, 0) is 28.9 Å². The highest BCUT2D eigenvalue weighted by Crippen LogP contribution is 2.35. The quantitative estimate of drug-likeness (QED) is 0.443. The molecule has 0 bridgehead atoms. The molecule has 6 heteroatoms. The zero-order chi connectivity index (χ0) is 18.8. The molecular formula is C21H21NO3S2. The number of carboxylic acid groups (broad SMARTS) is 1. The minimum atomic E-state index is -0.923. The summed E-state index contributed by atoms with van der Waals surface area (Å²) >= 11 is 3.62. The number of hydrogen-bond donors (Lipinski definition) is 1. The molecule has 4 nitrogen and oxygen atoms in total. The number of hydrogen-bond acceptors (Lipinski definition) is 4. The first-order chi connectivity index (χ1) is 13.2. The third-order valence-corrected chi connectivity index (χ3v) is 6.79. The summed E-state index contributed by atoms with van der Waals surface area (Å²) in [6.45, 7) is 1.01. The molecular weight excluding hydrogens is 378 g/mol. The molecule has 0 saturated carbocycles. The number of aryl methyl sites for hydroxylation is 2. The van der Waals surface area contributed by atoms with Crippen LogP contribution in [0.1, 0.15) is 17.5 Å². The Morgan fingerprint density at radius 1 is 1.04 bits per heavy atom. The Balaban J connectivity index is 1.40. The largest absolute Gasteiger partial charge is 0.479 e. The van der Waals surface area contributed by atoms with Gasteiger partial charge in [-0.05, 0) is 46.9 Å². The van der Waals surface area contributed by atoms with Crippen molar-refractivity contribution in [3.63, 3.8) is 0 Å². The monoisotopic (exact) mass is 399 g/mol. The van der Waals surface area contributed by atoms with E-state index in [0.717, 1.165) is 24.9 Å². The van der Waals surface area contributed by atoms with E-state index in [0.29, 0.717) is 6.42 Å². The van der Waals surface area contributed by atoms with E-state index < -0.39 is 12.1 Å². The molecule has 1 aromatic carbocycles. The Hall–Kier alpha value is -2.15. The van der Waals surface area contributed by atoms with Crippen LogP contribution < -0.4 is 0 Å². The number of aliphatic carboxylic acids is 1. The third kappa shape index (κ3) is 3.65. The Morgan fingerprint density at radius 3 is 2.19 bits per heavy atom. The summed E-state index contributed by atoms with van der Waals surface area (Å²) in [6.07, 6.45) is 1.68. The van der Waals surface area contributed by atoms with Crippen molar-refractivity contribution < 1.29 is 14.6 Å². The minimum absolute atomic E-state index is 0.391. The van der Waals surface area contributed by atoms with Crippen molar-refractivity contribution in [3.8, 4) is 0 Å². The SMILES string of the molecule is COC(Cc1ccc(CCCn2c3sccc3c3ccsc32)cc1)C(=O)O. The van der Waals surface area contributed by atoms with Crippen molar-refractivity contribution in [1.29, 1.82) is 0 Å². The van der Waals surface area contributed by atoms with E-state index in [2.05, 4.69) is 39.6 Å². The number of carbonyl (C=O) groups is 1. The third-order valence-electron chi connectivity index (χ3n) is 4.92. The van der Waals surface area contributed by atoms with Crippen molar-refractivity contribution in [2.24, 2.45) is 0 Å². The molecule has 27 heavy (non-hydrogen) atoms. The van der Waals surface area contributed by atoms with E-state index >= 15 is 0 Å². The number of nitrogens with zero attached hydrogens (tertiary/aromatic N) is 1. The van der Waals surface area contributed by atoms with Crippen molar-refractivity contribution in [1.82, 2.24) is 4.57 Å². The average Bonchev–Trinajstić information content (AvgIpc) is 3.36. The molecule has 3 aromatic heterocycles. The maximum absolute atomic E-state index is 11.1. The maximum atomic E-state index is 11.1. The second-order valence-electron chi connectivity index (χ2n) is 6.62. The van der Waals surface area contributed by atoms with E-state index in [1.165, 1.54) is 33.1 Å². The summed E-state index contributed by atoms with van der Waals surface area (Å²) in [6, 6.07) is 12.6. The standard InChI is InChI=1S/C21H21NO3S2/c1-25-18(21(23)24)13-15-6-4-14(5-7-15)3-2-10-22-19-16(8-11-26-19)17-9-12-27-20(17)22/h4-9,11-12,18H,2-3,10,13H2,1H3,(H,23,24). The number of fused-ring (bicyclic) bond motifs is 3. The van der Waals surface area contributed by atoms with Crippen LogP contribution in [0.15, 0.2) is 47.2 Å². The van der Waals surface area contributed by atoms with Crippen LogP contribution in [-0.4, -0.2) is 28.9 Å². The normalized spacial score (nSPS) is 12.8. The Labute approximate surface area is 165 Å². The number of rotatable bonds is 8. The highest BCUT2D eigenvalue weighted by Gasteiger charge is 2.16. The first-order valence-electron chi connectivity index (χ1n) is 8.93. The molecule has 0 saturated heterocycles. The maximum Gasteiger partial charge on any atom is 0.333 e. The van der Waals surface area contributed by atoms with E-state index in [1.807, 2.05) is 34.8 Å². The lowest BCUT2D eigenvalue weighted by Crippen LogP contribution is -2.24. The first-order valence-corrected chi connectivity index (χ1v) is 10.7. The molecule has 1 N–H and O–H groups in total. The van der Waals surface area contributed by atoms with Crippen LogP contribution >= 0.6 is 22.7 Å². The van der Waals surface area contributed by atoms with Gasteiger partial charge in [0, 0.05) is 30.8 Å². The first kappa shape index (κ1) is 18.2. The Bertz CT molecular complexity index is 1010. The van der Waals surface area contributed by atoms with Crippen molar-refractivity contribution in [3.05, 3.63) is 58.3 Å². The van der Waals surface area contributed by atoms with Crippen molar-refractivity contribution in [2.45, 2.75) is 31.9 Å². The fraction of sp³-hybridized carbons (Fsp3) is 0.286. The molecule has 0 spiro atoms. The summed E-state index contributed by atoms with van der Waals surface area (Å²) in [5.41, 5.74) is 2.26. The number of thiophene rings is 2. The second kappa shape index (κ2) is 7.84. The molecule has 4 rings (SSSR count). The zero-order valence-electron chi connectivity index (χ0n) is 15.1. The number of ether oxygens (including phenoxy) is 1. The summed E-state index contributed by atoms with van der Waals surface area (Å²) in [5, 5.41) is 16.2. The Kier molecular flexibility index (Phi) is 5.29. The van der Waals surface area contributed by atoms with Gasteiger partial charge in [0.25, 0.3) is 0 Å². The van der Waals surface area contributed by atoms with Gasteiger partial charge < -0.3 is 14.4 Å². The molecule has 4 aromatic rings. The van der Waals surface area contributed by atoms with Crippen molar-refractivity contribution >= 4 is 49.1 Å². The lowest BCUT2D eigenvalue weighted by molar-refractivity contribution is -0.148. The van der Waals surface area contributed by atoms with E-state index in [-0.39, 0.29) is 0 Å². The molecule has 0 fully saturated rings. The van der Waals surface area contributed by atoms with Gasteiger partial charge in [-0.25, -0.2) is 4.79 Å². The smallest absolute Gasteiger partial charge is 0.333 e. The molecule has 0 amide bonds. The number of benzene rings is 1. The lowest BCUT2D eigenvalue weighted by atomic mass is 10.0. The van der Waals surface area contributed by atoms with Crippen LogP contribution in [0.2, 0.25) is 0 Å². The zero-order valence-corrected chi connectivity index (χ0v) is 16.7. The molecule has 1 unspecified atom stereocenters. The van der Waals surface area contributed by atoms with E-state index in [1.54, 1.807) is 0 Å². The van der Waals surface area contributed by atoms with Gasteiger partial charge in [0.05, 0.1) is 0 Å². The molecule has 0 aliphatic rings. The summed E-state index contributed by atoms with van der Waals surface area (Å²) in [7, 11) is 1.43. The van der Waals surface area contributed by atoms with Gasteiger partial charge in [-0.3, -0.25) is 0 Å². The van der Waals surface area contributed by atoms with Crippen LogP contribution in [0.5, 0.6) is 0 Å². The molecule has 0 aliphatic heterocycles. The van der Waals surface area contributed by atoms with E-state index in [9.17, 15) is 4.79 Å². The second-order valence-corrected chi connectivity index (χ2v) is 8.41. The summed E-state index contributed by atoms with van der Waals surface area (Å²) < 4.78 is 7.46. The van der Waals surface area contributed by atoms with Crippen LogP contribution in [0.25, 0.3) is 20.4 Å². The highest BCUT2D eigenvalue weighted by atomic mass is 32.1. The average molecular weight is 400 g/mol. The lowest BCUT2D eigenvalue weighted by Gasteiger charge is -2.11. The number of methoxy groups -OCH3 is 1. The minimum Gasteiger partial charge on any atom is -0.479 e. The Morgan fingerprint density at radius 2 is 1.63 bits per heavy atom. The number of carboxylic acids is 1. The summed E-state index contributed by atoms with van der Waals surface area (Å²) in [5.74, 6) is -0.923. The highest BCUT2D eigenvalue weighted by molar-refractivity contribution is 7.19. The van der Waals surface area contributed by atoms with Gasteiger partial charge in [0.2, 0.25) is 0 Å². The van der Waals surface area contributed by atoms with Gasteiger partial charge in [-0.15, -0.1) is 22.7 Å². The molecule has 0 aliphatic carbocycles. The molecule has 140 valence electrons. The van der Waals surface area contributed by atoms with Crippen LogP contribution in [0.3, 0.4) is 0 Å². The predicted molar refractivity (Wildman–Crippen MR) is 112 cm³/mol. The summed E-state index contributed by atoms with van der Waals surface area (Å²) in [4.78, 5) is 13.8. The van der Waals surface area contributed by atoms with Gasteiger partial charge in [0.15, 0.2) is 6.10 Å². The van der Waals surface area contributed by atoms with Crippen molar-refractivity contribution in [2.75, 3.05) is 7.11 Å². The van der Waals surface area contributed by atoms with Gasteiger partial charge in [-0.1, -0.05) is 24.3 Å². The number of aromatic nitrogens is 1. The van der Waals surface area contributed by atoms with Gasteiger partial charge in [-0.2, -0.15) is 0 Å². The fourth-order valence-electron chi connectivity index (χ4n) is 3.49. The molecule has 1 atom stereocenters. The van der Waals surface area contributed by atoms with Gasteiger partial charge >= 0.3 is 5.97 Å². The molecule has 3 heterocycles. The van der Waals surface area contributed by atoms with Crippen LogP contribution in [0.4, 0.5) is 0 Å². The molecule has 0 radical (unpaired) electrons. The van der Waals surface area contributed by atoms with Crippen LogP contribution in [0, 0.1) is 0 Å². The predicted octanol–water partition coefficient (Wildman–Crippen LogP) is 5.19. The topological polar surface area (TPSA) is 51.5 Å².